The van der Waals surface area contributed by atoms with Crippen LogP contribution < -0.4 is 4.74 Å². The van der Waals surface area contributed by atoms with Crippen LogP contribution in [0.2, 0.25) is 0 Å². The van der Waals surface area contributed by atoms with Gasteiger partial charge in [-0.1, -0.05) is 12.1 Å². The lowest BCUT2D eigenvalue weighted by atomic mass is 10.1. The molecule has 1 aromatic carbocycles. The monoisotopic (exact) mass is 456 g/mol. The SMILES string of the molecule is COc1cc(CN(C(=O)Cn2cc(-c3cccc(F)c3)cn2)C2C=CS(=O)(=O)C2)ccn1. The number of pyridine rings is 1. The van der Waals surface area contributed by atoms with Gasteiger partial charge in [0.25, 0.3) is 0 Å². The van der Waals surface area contributed by atoms with Crippen LogP contribution in [0.3, 0.4) is 0 Å². The number of benzene rings is 1. The second-order valence-electron chi connectivity index (χ2n) is 7.39. The van der Waals surface area contributed by atoms with E-state index in [1.165, 1.54) is 34.9 Å². The number of methoxy groups -OCH3 is 1. The van der Waals surface area contributed by atoms with Crippen molar-refractivity contribution in [2.75, 3.05) is 12.9 Å². The molecule has 0 spiro atoms. The highest BCUT2D eigenvalue weighted by atomic mass is 32.2. The first-order chi connectivity index (χ1) is 15.3. The van der Waals surface area contributed by atoms with Gasteiger partial charge in [-0.2, -0.15) is 5.10 Å². The number of nitrogens with zero attached hydrogens (tertiary/aromatic N) is 4. The lowest BCUT2D eigenvalue weighted by molar-refractivity contribution is -0.133. The molecule has 8 nitrogen and oxygen atoms in total. The molecule has 4 rings (SSSR count). The minimum absolute atomic E-state index is 0.0953. The fourth-order valence-electron chi connectivity index (χ4n) is 3.50. The zero-order chi connectivity index (χ0) is 22.7. The van der Waals surface area contributed by atoms with E-state index in [0.29, 0.717) is 17.0 Å². The number of hydrogen-bond donors (Lipinski definition) is 0. The van der Waals surface area contributed by atoms with Crippen LogP contribution in [0, 0.1) is 5.82 Å². The summed E-state index contributed by atoms with van der Waals surface area (Å²) >= 11 is 0. The molecule has 1 unspecified atom stereocenters. The maximum absolute atomic E-state index is 13.5. The highest BCUT2D eigenvalue weighted by Gasteiger charge is 2.30. The van der Waals surface area contributed by atoms with Gasteiger partial charge in [-0.3, -0.25) is 9.48 Å². The van der Waals surface area contributed by atoms with Crippen LogP contribution in [0.15, 0.2) is 66.5 Å². The standard InChI is InChI=1S/C22H21FN4O4S/c1-31-21-9-16(5-7-24-21)12-27(20-6-8-32(29,30)15-20)22(28)14-26-13-18(11-25-26)17-3-2-4-19(23)10-17/h2-11,13,20H,12,14-15H2,1H3. The Hall–Kier alpha value is -3.53. The molecule has 0 radical (unpaired) electrons. The largest absolute Gasteiger partial charge is 0.481 e. The van der Waals surface area contributed by atoms with Gasteiger partial charge in [0.1, 0.15) is 12.4 Å². The second-order valence-corrected chi connectivity index (χ2v) is 9.32. The van der Waals surface area contributed by atoms with Crippen molar-refractivity contribution in [3.8, 4) is 17.0 Å². The Bertz CT molecular complexity index is 1270. The predicted molar refractivity (Wildman–Crippen MR) is 116 cm³/mol. The summed E-state index contributed by atoms with van der Waals surface area (Å²) < 4.78 is 44.0. The molecule has 32 heavy (non-hydrogen) atoms. The van der Waals surface area contributed by atoms with Crippen molar-refractivity contribution in [3.63, 3.8) is 0 Å². The molecule has 1 aliphatic heterocycles. The van der Waals surface area contributed by atoms with E-state index in [9.17, 15) is 17.6 Å². The summed E-state index contributed by atoms with van der Waals surface area (Å²) in [5.74, 6) is -0.438. The van der Waals surface area contributed by atoms with E-state index >= 15 is 0 Å². The van der Waals surface area contributed by atoms with E-state index in [-0.39, 0.29) is 30.6 Å². The number of carbonyl (C=O) groups excluding carboxylic acids is 1. The van der Waals surface area contributed by atoms with Crippen molar-refractivity contribution in [2.24, 2.45) is 0 Å². The Labute approximate surface area is 184 Å². The zero-order valence-corrected chi connectivity index (χ0v) is 18.1. The number of rotatable bonds is 7. The Balaban J connectivity index is 1.55. The molecule has 166 valence electrons. The van der Waals surface area contributed by atoms with Gasteiger partial charge in [0.15, 0.2) is 9.84 Å². The minimum Gasteiger partial charge on any atom is -0.481 e. The van der Waals surface area contributed by atoms with E-state index in [4.69, 9.17) is 4.74 Å². The molecule has 0 bridgehead atoms. The summed E-state index contributed by atoms with van der Waals surface area (Å²) in [4.78, 5) is 18.8. The van der Waals surface area contributed by atoms with Crippen molar-refractivity contribution >= 4 is 15.7 Å². The number of carbonyl (C=O) groups is 1. The van der Waals surface area contributed by atoms with Gasteiger partial charge in [-0.25, -0.2) is 17.8 Å². The number of sulfone groups is 1. The number of amides is 1. The van der Waals surface area contributed by atoms with Gasteiger partial charge in [-0.15, -0.1) is 0 Å². The predicted octanol–water partition coefficient (Wildman–Crippen LogP) is 2.43. The van der Waals surface area contributed by atoms with E-state index in [2.05, 4.69) is 10.1 Å². The molecule has 1 atom stereocenters. The average molecular weight is 456 g/mol. The van der Waals surface area contributed by atoms with Gasteiger partial charge >= 0.3 is 0 Å². The minimum atomic E-state index is -3.36. The third kappa shape index (κ3) is 5.02. The van der Waals surface area contributed by atoms with Crippen molar-refractivity contribution < 1.29 is 22.3 Å². The van der Waals surface area contributed by atoms with Crippen molar-refractivity contribution in [1.82, 2.24) is 19.7 Å². The van der Waals surface area contributed by atoms with E-state index < -0.39 is 15.9 Å². The fourth-order valence-corrected chi connectivity index (χ4v) is 4.80. The third-order valence-electron chi connectivity index (χ3n) is 5.08. The molecule has 10 heteroatoms. The molecule has 0 N–H and O–H groups in total. The number of hydrogen-bond acceptors (Lipinski definition) is 6. The van der Waals surface area contributed by atoms with Crippen LogP contribution in [-0.2, 0) is 27.7 Å². The molecule has 3 aromatic rings. The summed E-state index contributed by atoms with van der Waals surface area (Å²) in [6, 6.07) is 8.95. The molecule has 0 saturated carbocycles. The fraction of sp³-hybridized carbons (Fsp3) is 0.227. The summed E-state index contributed by atoms with van der Waals surface area (Å²) in [7, 11) is -1.86. The molecule has 3 heterocycles. The molecule has 0 fully saturated rings. The Morgan fingerprint density at radius 3 is 2.84 bits per heavy atom. The number of aromatic nitrogens is 3. The van der Waals surface area contributed by atoms with Crippen LogP contribution in [0.25, 0.3) is 11.1 Å². The number of ether oxygens (including phenoxy) is 1. The first-order valence-corrected chi connectivity index (χ1v) is 11.5. The summed E-state index contributed by atoms with van der Waals surface area (Å²) in [6.07, 6.45) is 6.30. The van der Waals surface area contributed by atoms with Gasteiger partial charge < -0.3 is 9.64 Å². The lowest BCUT2D eigenvalue weighted by Crippen LogP contribution is -2.42. The molecule has 1 aliphatic rings. The quantitative estimate of drug-likeness (QED) is 0.542. The van der Waals surface area contributed by atoms with E-state index in [1.807, 2.05) is 0 Å². The van der Waals surface area contributed by atoms with Gasteiger partial charge in [-0.05, 0) is 35.4 Å². The average Bonchev–Trinajstić information content (AvgIpc) is 3.38. The molecule has 2 aromatic heterocycles. The Morgan fingerprint density at radius 1 is 1.28 bits per heavy atom. The summed E-state index contributed by atoms with van der Waals surface area (Å²) in [6.45, 7) is 0.0855. The van der Waals surface area contributed by atoms with E-state index in [0.717, 1.165) is 11.0 Å². The lowest BCUT2D eigenvalue weighted by Gasteiger charge is -2.27. The maximum Gasteiger partial charge on any atom is 0.245 e. The van der Waals surface area contributed by atoms with Crippen LogP contribution >= 0.6 is 0 Å². The van der Waals surface area contributed by atoms with Gasteiger partial charge in [0, 0.05) is 36.0 Å². The maximum atomic E-state index is 13.5. The van der Waals surface area contributed by atoms with Gasteiger partial charge in [0.2, 0.25) is 11.8 Å². The first kappa shape index (κ1) is 21.7. The third-order valence-corrected chi connectivity index (χ3v) is 6.46. The Morgan fingerprint density at radius 2 is 2.12 bits per heavy atom. The van der Waals surface area contributed by atoms with Gasteiger partial charge in [0.05, 0.1) is 25.1 Å². The molecular formula is C22H21FN4O4S. The summed E-state index contributed by atoms with van der Waals surface area (Å²) in [5.41, 5.74) is 2.07. The van der Waals surface area contributed by atoms with Crippen molar-refractivity contribution in [1.29, 1.82) is 0 Å². The van der Waals surface area contributed by atoms with Crippen LogP contribution in [0.5, 0.6) is 5.88 Å². The molecular weight excluding hydrogens is 435 g/mol. The van der Waals surface area contributed by atoms with Crippen LogP contribution in [0.4, 0.5) is 4.39 Å². The molecule has 0 saturated heterocycles. The zero-order valence-electron chi connectivity index (χ0n) is 17.3. The van der Waals surface area contributed by atoms with Crippen molar-refractivity contribution in [3.05, 3.63) is 77.9 Å². The smallest absolute Gasteiger partial charge is 0.245 e. The number of halogens is 1. The van der Waals surface area contributed by atoms with Crippen LogP contribution in [-0.4, -0.2) is 52.9 Å². The van der Waals surface area contributed by atoms with Crippen LogP contribution in [0.1, 0.15) is 5.56 Å². The van der Waals surface area contributed by atoms with E-state index in [1.54, 1.807) is 42.9 Å². The second kappa shape index (κ2) is 8.91. The Kier molecular flexibility index (Phi) is 6.04. The summed E-state index contributed by atoms with van der Waals surface area (Å²) in [5, 5.41) is 5.35. The molecule has 1 amide bonds. The van der Waals surface area contributed by atoms with Crippen molar-refractivity contribution in [2.45, 2.75) is 19.1 Å². The highest BCUT2D eigenvalue weighted by molar-refractivity contribution is 7.94. The first-order valence-electron chi connectivity index (χ1n) is 9.81. The molecule has 0 aliphatic carbocycles. The topological polar surface area (TPSA) is 94.4 Å². The normalized spacial score (nSPS) is 16.8. The highest BCUT2D eigenvalue weighted by Crippen LogP contribution is 2.21.